The van der Waals surface area contributed by atoms with E-state index in [1.54, 1.807) is 12.1 Å². The molecule has 0 aromatic heterocycles. The van der Waals surface area contributed by atoms with Crippen molar-refractivity contribution in [3.8, 4) is 0 Å². The van der Waals surface area contributed by atoms with E-state index in [9.17, 15) is 13.2 Å². The summed E-state index contributed by atoms with van der Waals surface area (Å²) in [6, 6.07) is 6.99. The van der Waals surface area contributed by atoms with Gasteiger partial charge in [-0.25, -0.2) is 8.42 Å². The lowest BCUT2D eigenvalue weighted by Crippen LogP contribution is -2.57. The Morgan fingerprint density at radius 3 is 2.29 bits per heavy atom. The van der Waals surface area contributed by atoms with Crippen LogP contribution in [0.15, 0.2) is 29.2 Å². The summed E-state index contributed by atoms with van der Waals surface area (Å²) in [7, 11) is -3.48. The summed E-state index contributed by atoms with van der Waals surface area (Å²) in [4.78, 5) is 15.9. The van der Waals surface area contributed by atoms with Gasteiger partial charge >= 0.3 is 0 Å². The summed E-state index contributed by atoms with van der Waals surface area (Å²) in [5, 5.41) is 3.27. The average molecular weight is 466 g/mol. The van der Waals surface area contributed by atoms with Gasteiger partial charge < -0.3 is 5.32 Å². The van der Waals surface area contributed by atoms with Crippen LogP contribution in [0.2, 0.25) is 0 Å². The van der Waals surface area contributed by atoms with E-state index in [0.717, 1.165) is 25.2 Å². The Bertz CT molecular complexity index is 853. The topological polar surface area (TPSA) is 69.7 Å². The number of thioether (sulfide) groups is 1. The molecule has 2 heterocycles. The lowest BCUT2D eigenvalue weighted by molar-refractivity contribution is -0.126. The molecule has 4 rings (SSSR count). The summed E-state index contributed by atoms with van der Waals surface area (Å²) in [6.07, 6.45) is 6.01. The maximum Gasteiger partial charge on any atom is 0.243 e. The van der Waals surface area contributed by atoms with Crippen LogP contribution in [0.1, 0.15) is 44.1 Å². The average Bonchev–Trinajstić information content (AvgIpc) is 3.29. The van der Waals surface area contributed by atoms with Gasteiger partial charge in [-0.15, -0.1) is 0 Å². The van der Waals surface area contributed by atoms with Gasteiger partial charge in [0.2, 0.25) is 15.9 Å². The van der Waals surface area contributed by atoms with Gasteiger partial charge in [0.15, 0.2) is 0 Å². The minimum absolute atomic E-state index is 0.0974. The van der Waals surface area contributed by atoms with Gasteiger partial charge in [-0.2, -0.15) is 16.1 Å². The first-order valence-corrected chi connectivity index (χ1v) is 14.2. The van der Waals surface area contributed by atoms with Crippen molar-refractivity contribution in [2.24, 2.45) is 5.92 Å². The lowest BCUT2D eigenvalue weighted by Gasteiger charge is -2.44. The molecule has 1 N–H and O–H groups in total. The third kappa shape index (κ3) is 5.13. The van der Waals surface area contributed by atoms with Crippen LogP contribution < -0.4 is 5.32 Å². The number of hydrogen-bond acceptors (Lipinski definition) is 5. The first kappa shape index (κ1) is 23.1. The Morgan fingerprint density at radius 1 is 1.06 bits per heavy atom. The van der Waals surface area contributed by atoms with Crippen LogP contribution in [0.25, 0.3) is 0 Å². The van der Waals surface area contributed by atoms with Crippen LogP contribution >= 0.6 is 11.8 Å². The minimum atomic E-state index is -3.48. The zero-order valence-corrected chi connectivity index (χ0v) is 20.1. The first-order chi connectivity index (χ1) is 14.9. The number of carbonyl (C=O) groups is 1. The van der Waals surface area contributed by atoms with E-state index >= 15 is 0 Å². The molecule has 8 heteroatoms. The Balaban J connectivity index is 1.31. The minimum Gasteiger partial charge on any atom is -0.354 e. The molecule has 172 valence electrons. The summed E-state index contributed by atoms with van der Waals surface area (Å²) >= 11 is 2.02. The highest BCUT2D eigenvalue weighted by molar-refractivity contribution is 7.99. The highest BCUT2D eigenvalue weighted by Gasteiger charge is 2.41. The number of nitrogens with one attached hydrogen (secondary N) is 1. The van der Waals surface area contributed by atoms with Crippen molar-refractivity contribution in [3.63, 3.8) is 0 Å². The van der Waals surface area contributed by atoms with Gasteiger partial charge in [0.1, 0.15) is 0 Å². The van der Waals surface area contributed by atoms with Crippen LogP contribution in [0.3, 0.4) is 0 Å². The van der Waals surface area contributed by atoms with E-state index in [-0.39, 0.29) is 17.4 Å². The van der Waals surface area contributed by atoms with Crippen molar-refractivity contribution in [2.45, 2.75) is 55.9 Å². The highest BCUT2D eigenvalue weighted by atomic mass is 32.2. The standard InChI is InChI=1S/C23H35N3O3S2/c1-19-4-6-21(7-5-19)31(28,29)26-12-8-20(9-13-26)22(27)24-18-23(10-2-3-11-23)25-14-16-30-17-15-25/h4-7,20H,2-3,8-18H2,1H3,(H,24,27). The Labute approximate surface area is 191 Å². The van der Waals surface area contributed by atoms with Gasteiger partial charge in [-0.05, 0) is 44.7 Å². The molecule has 6 nitrogen and oxygen atoms in total. The molecule has 0 bridgehead atoms. The zero-order valence-electron chi connectivity index (χ0n) is 18.5. The highest BCUT2D eigenvalue weighted by Crippen LogP contribution is 2.36. The molecule has 2 saturated heterocycles. The number of benzene rings is 1. The molecule has 2 aliphatic heterocycles. The molecular formula is C23H35N3O3S2. The Hall–Kier alpha value is -1.09. The lowest BCUT2D eigenvalue weighted by atomic mass is 9.93. The molecule has 3 fully saturated rings. The summed E-state index contributed by atoms with van der Waals surface area (Å²) in [6.45, 7) is 5.73. The summed E-state index contributed by atoms with van der Waals surface area (Å²) in [5.74, 6) is 2.37. The zero-order chi connectivity index (χ0) is 21.9. The maximum absolute atomic E-state index is 12.9. The molecule has 1 aliphatic carbocycles. The van der Waals surface area contributed by atoms with Crippen molar-refractivity contribution in [1.29, 1.82) is 0 Å². The van der Waals surface area contributed by atoms with E-state index < -0.39 is 10.0 Å². The number of carbonyl (C=O) groups excluding carboxylic acids is 1. The van der Waals surface area contributed by atoms with Gasteiger partial charge in [-0.3, -0.25) is 9.69 Å². The molecule has 31 heavy (non-hydrogen) atoms. The van der Waals surface area contributed by atoms with Crippen LogP contribution in [-0.4, -0.2) is 73.3 Å². The molecule has 0 atom stereocenters. The number of rotatable bonds is 6. The Morgan fingerprint density at radius 2 is 1.68 bits per heavy atom. The fourth-order valence-corrected chi connectivity index (χ4v) is 7.66. The van der Waals surface area contributed by atoms with Crippen LogP contribution in [0.5, 0.6) is 0 Å². The van der Waals surface area contributed by atoms with Crippen molar-refractivity contribution >= 4 is 27.7 Å². The predicted molar refractivity (Wildman–Crippen MR) is 126 cm³/mol. The van der Waals surface area contributed by atoms with Gasteiger partial charge in [-0.1, -0.05) is 30.5 Å². The normalized spacial score (nSPS) is 23.6. The fourth-order valence-electron chi connectivity index (χ4n) is 5.29. The van der Waals surface area contributed by atoms with E-state index in [1.165, 1.54) is 41.5 Å². The monoisotopic (exact) mass is 465 g/mol. The number of aryl methyl sites for hydroxylation is 1. The summed E-state index contributed by atoms with van der Waals surface area (Å²) < 4.78 is 27.4. The second-order valence-electron chi connectivity index (χ2n) is 9.24. The fraction of sp³-hybridized carbons (Fsp3) is 0.696. The quantitative estimate of drug-likeness (QED) is 0.700. The molecule has 0 spiro atoms. The molecule has 1 aromatic rings. The van der Waals surface area contributed by atoms with Crippen LogP contribution in [0, 0.1) is 12.8 Å². The molecule has 1 amide bonds. The van der Waals surface area contributed by atoms with Crippen LogP contribution in [-0.2, 0) is 14.8 Å². The van der Waals surface area contributed by atoms with E-state index in [1.807, 2.05) is 30.8 Å². The number of nitrogens with zero attached hydrogens (tertiary/aromatic N) is 2. The van der Waals surface area contributed by atoms with Gasteiger partial charge in [0, 0.05) is 55.7 Å². The third-order valence-corrected chi connectivity index (χ3v) is 10.1. The summed E-state index contributed by atoms with van der Waals surface area (Å²) in [5.41, 5.74) is 1.17. The second kappa shape index (κ2) is 9.81. The van der Waals surface area contributed by atoms with Crippen molar-refractivity contribution in [3.05, 3.63) is 29.8 Å². The number of amides is 1. The molecule has 1 aromatic carbocycles. The van der Waals surface area contributed by atoms with Crippen molar-refractivity contribution in [2.75, 3.05) is 44.2 Å². The van der Waals surface area contributed by atoms with E-state index in [4.69, 9.17) is 0 Å². The van der Waals surface area contributed by atoms with E-state index in [2.05, 4.69) is 10.2 Å². The molecular weight excluding hydrogens is 430 g/mol. The van der Waals surface area contributed by atoms with Crippen molar-refractivity contribution < 1.29 is 13.2 Å². The largest absolute Gasteiger partial charge is 0.354 e. The molecule has 1 saturated carbocycles. The molecule has 0 radical (unpaired) electrons. The Kier molecular flexibility index (Phi) is 7.30. The van der Waals surface area contributed by atoms with Crippen LogP contribution in [0.4, 0.5) is 0 Å². The first-order valence-electron chi connectivity index (χ1n) is 11.6. The number of sulfonamides is 1. The van der Waals surface area contributed by atoms with Gasteiger partial charge in [0.25, 0.3) is 0 Å². The SMILES string of the molecule is Cc1ccc(S(=O)(=O)N2CCC(C(=O)NCC3(N4CCSCC4)CCCC3)CC2)cc1. The third-order valence-electron chi connectivity index (χ3n) is 7.29. The molecule has 3 aliphatic rings. The number of hydrogen-bond donors (Lipinski definition) is 1. The van der Waals surface area contributed by atoms with Gasteiger partial charge in [0.05, 0.1) is 4.90 Å². The molecule has 0 unspecified atom stereocenters. The van der Waals surface area contributed by atoms with Crippen molar-refractivity contribution in [1.82, 2.24) is 14.5 Å². The number of piperidine rings is 1. The smallest absolute Gasteiger partial charge is 0.243 e. The predicted octanol–water partition coefficient (Wildman–Crippen LogP) is 2.87. The maximum atomic E-state index is 12.9. The second-order valence-corrected chi connectivity index (χ2v) is 12.4. The van der Waals surface area contributed by atoms with E-state index in [0.29, 0.717) is 30.8 Å².